The van der Waals surface area contributed by atoms with Gasteiger partial charge in [0.2, 0.25) is 0 Å². The standard InChI is InChI=1S/C16H24N4/c1-2-9-20-10-4-6-14(8-11-20)18-15-7-3-5-13-12-17-19-16(13)15/h3,5,7,12,14,18H,2,4,6,8-11H2,1H3,(H,17,19). The molecule has 1 unspecified atom stereocenters. The van der Waals surface area contributed by atoms with Crippen molar-refractivity contribution in [3.05, 3.63) is 24.4 Å². The molecule has 1 aliphatic heterocycles. The quantitative estimate of drug-likeness (QED) is 0.898. The molecule has 1 atom stereocenters. The smallest absolute Gasteiger partial charge is 0.0881 e. The third kappa shape index (κ3) is 2.96. The highest BCUT2D eigenvalue weighted by Crippen LogP contribution is 2.23. The summed E-state index contributed by atoms with van der Waals surface area (Å²) in [4.78, 5) is 2.60. The second-order valence-electron chi connectivity index (χ2n) is 5.75. The van der Waals surface area contributed by atoms with Crippen LogP contribution in [0, 0.1) is 0 Å². The van der Waals surface area contributed by atoms with Gasteiger partial charge in [-0.15, -0.1) is 0 Å². The van der Waals surface area contributed by atoms with Crippen molar-refractivity contribution in [3.63, 3.8) is 0 Å². The summed E-state index contributed by atoms with van der Waals surface area (Å²) < 4.78 is 0. The molecule has 0 aliphatic carbocycles. The molecule has 0 spiro atoms. The molecule has 20 heavy (non-hydrogen) atoms. The molecule has 0 radical (unpaired) electrons. The van der Waals surface area contributed by atoms with Crippen LogP contribution in [0.1, 0.15) is 32.6 Å². The molecule has 0 saturated carbocycles. The van der Waals surface area contributed by atoms with Gasteiger partial charge in [0.05, 0.1) is 17.4 Å². The van der Waals surface area contributed by atoms with Crippen molar-refractivity contribution in [1.82, 2.24) is 15.1 Å². The molecule has 4 nitrogen and oxygen atoms in total. The first-order chi connectivity index (χ1) is 9.86. The summed E-state index contributed by atoms with van der Waals surface area (Å²) >= 11 is 0. The van der Waals surface area contributed by atoms with Crippen molar-refractivity contribution in [2.45, 2.75) is 38.6 Å². The Labute approximate surface area is 120 Å². The fourth-order valence-corrected chi connectivity index (χ4v) is 3.15. The third-order valence-electron chi connectivity index (χ3n) is 4.20. The zero-order valence-corrected chi connectivity index (χ0v) is 12.2. The number of anilines is 1. The Morgan fingerprint density at radius 2 is 2.30 bits per heavy atom. The number of likely N-dealkylation sites (tertiary alicyclic amines) is 1. The van der Waals surface area contributed by atoms with Crippen LogP contribution in [0.25, 0.3) is 10.9 Å². The van der Waals surface area contributed by atoms with Gasteiger partial charge in [-0.05, 0) is 44.8 Å². The molecule has 2 heterocycles. The van der Waals surface area contributed by atoms with E-state index in [1.165, 1.54) is 56.4 Å². The maximum Gasteiger partial charge on any atom is 0.0881 e. The van der Waals surface area contributed by atoms with Crippen molar-refractivity contribution in [1.29, 1.82) is 0 Å². The van der Waals surface area contributed by atoms with Gasteiger partial charge >= 0.3 is 0 Å². The van der Waals surface area contributed by atoms with Crippen molar-refractivity contribution >= 4 is 16.6 Å². The van der Waals surface area contributed by atoms with Crippen LogP contribution in [-0.2, 0) is 0 Å². The van der Waals surface area contributed by atoms with Gasteiger partial charge in [-0.3, -0.25) is 5.10 Å². The van der Waals surface area contributed by atoms with E-state index < -0.39 is 0 Å². The van der Waals surface area contributed by atoms with Crippen LogP contribution < -0.4 is 5.32 Å². The fourth-order valence-electron chi connectivity index (χ4n) is 3.15. The minimum atomic E-state index is 0.575. The highest BCUT2D eigenvalue weighted by atomic mass is 15.1. The largest absolute Gasteiger partial charge is 0.381 e. The molecular weight excluding hydrogens is 248 g/mol. The topological polar surface area (TPSA) is 44.0 Å². The number of hydrogen-bond acceptors (Lipinski definition) is 3. The molecular formula is C16H24N4. The highest BCUT2D eigenvalue weighted by Gasteiger charge is 2.17. The number of hydrogen-bond donors (Lipinski definition) is 2. The number of aromatic amines is 1. The van der Waals surface area contributed by atoms with Gasteiger partial charge in [0, 0.05) is 18.0 Å². The number of aromatic nitrogens is 2. The van der Waals surface area contributed by atoms with Gasteiger partial charge in [0.15, 0.2) is 0 Å². The Morgan fingerprint density at radius 3 is 3.20 bits per heavy atom. The molecule has 1 aromatic heterocycles. The molecule has 1 saturated heterocycles. The van der Waals surface area contributed by atoms with Crippen LogP contribution in [0.3, 0.4) is 0 Å². The molecule has 0 bridgehead atoms. The van der Waals surface area contributed by atoms with Gasteiger partial charge in [-0.25, -0.2) is 0 Å². The lowest BCUT2D eigenvalue weighted by Gasteiger charge is -2.20. The minimum Gasteiger partial charge on any atom is -0.381 e. The van der Waals surface area contributed by atoms with Crippen LogP contribution in [0.2, 0.25) is 0 Å². The third-order valence-corrected chi connectivity index (χ3v) is 4.20. The summed E-state index contributed by atoms with van der Waals surface area (Å²) in [6.45, 7) is 5.97. The van der Waals surface area contributed by atoms with Gasteiger partial charge in [0.25, 0.3) is 0 Å². The van der Waals surface area contributed by atoms with Crippen molar-refractivity contribution in [3.8, 4) is 0 Å². The first-order valence-electron chi connectivity index (χ1n) is 7.78. The van der Waals surface area contributed by atoms with E-state index in [1.807, 2.05) is 6.20 Å². The average molecular weight is 272 g/mol. The Hall–Kier alpha value is -1.55. The number of nitrogens with one attached hydrogen (secondary N) is 2. The van der Waals surface area contributed by atoms with Crippen LogP contribution in [0.5, 0.6) is 0 Å². The molecule has 3 rings (SSSR count). The molecule has 2 N–H and O–H groups in total. The van der Waals surface area contributed by atoms with Crippen molar-refractivity contribution < 1.29 is 0 Å². The first kappa shape index (κ1) is 13.4. The van der Waals surface area contributed by atoms with Crippen molar-refractivity contribution in [2.24, 2.45) is 0 Å². The van der Waals surface area contributed by atoms with Gasteiger partial charge in [-0.2, -0.15) is 5.10 Å². The zero-order chi connectivity index (χ0) is 13.8. The summed E-state index contributed by atoms with van der Waals surface area (Å²) in [5.74, 6) is 0. The molecule has 2 aromatic rings. The zero-order valence-electron chi connectivity index (χ0n) is 12.2. The Kier molecular flexibility index (Phi) is 4.21. The average Bonchev–Trinajstić information content (AvgIpc) is 2.83. The molecule has 1 fully saturated rings. The maximum atomic E-state index is 4.14. The molecule has 1 aromatic carbocycles. The SMILES string of the molecule is CCCN1CCCC(Nc2cccc3cn[nH]c23)CC1. The highest BCUT2D eigenvalue weighted by molar-refractivity contribution is 5.89. The number of para-hydroxylation sites is 1. The molecule has 108 valence electrons. The predicted octanol–water partition coefficient (Wildman–Crippen LogP) is 3.24. The second-order valence-corrected chi connectivity index (χ2v) is 5.75. The Morgan fingerprint density at radius 1 is 1.35 bits per heavy atom. The number of nitrogens with zero attached hydrogens (tertiary/aromatic N) is 2. The van der Waals surface area contributed by atoms with Crippen LogP contribution in [0.15, 0.2) is 24.4 Å². The second kappa shape index (κ2) is 6.27. The monoisotopic (exact) mass is 272 g/mol. The van der Waals surface area contributed by atoms with Crippen molar-refractivity contribution in [2.75, 3.05) is 25.0 Å². The predicted molar refractivity (Wildman–Crippen MR) is 84.1 cm³/mol. The van der Waals surface area contributed by atoms with Crippen LogP contribution >= 0.6 is 0 Å². The number of benzene rings is 1. The number of H-pyrrole nitrogens is 1. The Balaban J connectivity index is 1.67. The summed E-state index contributed by atoms with van der Waals surface area (Å²) in [6, 6.07) is 6.92. The van der Waals surface area contributed by atoms with E-state index in [4.69, 9.17) is 0 Å². The number of rotatable bonds is 4. The summed E-state index contributed by atoms with van der Waals surface area (Å²) in [7, 11) is 0. The molecule has 4 heteroatoms. The summed E-state index contributed by atoms with van der Waals surface area (Å²) in [5, 5.41) is 12.1. The van der Waals surface area contributed by atoms with Gasteiger partial charge in [-0.1, -0.05) is 19.1 Å². The number of fused-ring (bicyclic) bond motifs is 1. The van der Waals surface area contributed by atoms with Gasteiger partial charge < -0.3 is 10.2 Å². The maximum absolute atomic E-state index is 4.14. The lowest BCUT2D eigenvalue weighted by atomic mass is 10.1. The van der Waals surface area contributed by atoms with Crippen LogP contribution in [-0.4, -0.2) is 40.8 Å². The lowest BCUT2D eigenvalue weighted by Crippen LogP contribution is -2.27. The normalized spacial score (nSPS) is 20.9. The van der Waals surface area contributed by atoms with E-state index in [0.717, 1.165) is 5.52 Å². The first-order valence-corrected chi connectivity index (χ1v) is 7.78. The molecule has 0 amide bonds. The lowest BCUT2D eigenvalue weighted by molar-refractivity contribution is 0.285. The van der Waals surface area contributed by atoms with E-state index in [0.29, 0.717) is 6.04 Å². The minimum absolute atomic E-state index is 0.575. The van der Waals surface area contributed by atoms with E-state index in [-0.39, 0.29) is 0 Å². The Bertz CT molecular complexity index is 548. The summed E-state index contributed by atoms with van der Waals surface area (Å²) in [6.07, 6.45) is 6.91. The van der Waals surface area contributed by atoms with E-state index in [9.17, 15) is 0 Å². The van der Waals surface area contributed by atoms with E-state index in [1.54, 1.807) is 0 Å². The van der Waals surface area contributed by atoms with Crippen LogP contribution in [0.4, 0.5) is 5.69 Å². The van der Waals surface area contributed by atoms with Gasteiger partial charge in [0.1, 0.15) is 0 Å². The van der Waals surface area contributed by atoms with E-state index in [2.05, 4.69) is 45.5 Å². The van der Waals surface area contributed by atoms with E-state index >= 15 is 0 Å². The summed E-state index contributed by atoms with van der Waals surface area (Å²) in [5.41, 5.74) is 2.32. The molecule has 1 aliphatic rings. The fraction of sp³-hybridized carbons (Fsp3) is 0.562.